The van der Waals surface area contributed by atoms with Crippen molar-refractivity contribution in [3.8, 4) is 0 Å². The van der Waals surface area contributed by atoms with Crippen molar-refractivity contribution in [2.75, 3.05) is 0 Å². The normalized spacial score (nSPS) is 17.5. The summed E-state index contributed by atoms with van der Waals surface area (Å²) in [5.41, 5.74) is 9.07. The van der Waals surface area contributed by atoms with Crippen LogP contribution in [0.4, 0.5) is 0 Å². The van der Waals surface area contributed by atoms with E-state index in [0.717, 1.165) is 25.7 Å². The van der Waals surface area contributed by atoms with Gasteiger partial charge in [0.15, 0.2) is 0 Å². The molecule has 2 aliphatic carbocycles. The van der Waals surface area contributed by atoms with Gasteiger partial charge in [-0.05, 0) is 0 Å². The van der Waals surface area contributed by atoms with E-state index in [1.54, 1.807) is 22.3 Å². The molecule has 2 aliphatic rings. The van der Waals surface area contributed by atoms with Gasteiger partial charge in [-0.1, -0.05) is 54.4 Å². The van der Waals surface area contributed by atoms with Crippen molar-refractivity contribution in [1.29, 1.82) is 0 Å². The first kappa shape index (κ1) is 24.5. The monoisotopic (exact) mass is 372 g/mol. The van der Waals surface area contributed by atoms with Crippen LogP contribution in [0.1, 0.15) is 67.2 Å². The summed E-state index contributed by atoms with van der Waals surface area (Å²) in [6.07, 6.45) is 11.4. The number of rotatable bonds is 4. The average molecular weight is 373 g/mol. The van der Waals surface area contributed by atoms with Crippen LogP contribution in [0.25, 0.3) is 0 Å². The second-order valence-corrected chi connectivity index (χ2v) is 6.25. The molecule has 0 aliphatic heterocycles. The van der Waals surface area contributed by atoms with Gasteiger partial charge < -0.3 is 24.8 Å². The van der Waals surface area contributed by atoms with E-state index < -0.39 is 0 Å². The Morgan fingerprint density at radius 2 is 1.14 bits per heavy atom. The van der Waals surface area contributed by atoms with Crippen molar-refractivity contribution in [1.82, 2.24) is 0 Å². The number of halogens is 2. The fraction of sp³-hybridized carbons (Fsp3) is 0.579. The van der Waals surface area contributed by atoms with Gasteiger partial charge in [-0.25, -0.2) is 22.3 Å². The minimum Gasteiger partial charge on any atom is -1.00 e. The number of hydrogen-bond donors (Lipinski definition) is 0. The number of allylic oxidation sites excluding steroid dienone is 8. The minimum absolute atomic E-state index is 0. The summed E-state index contributed by atoms with van der Waals surface area (Å²) in [6.45, 7) is 13.8. The Balaban J connectivity index is 0. The summed E-state index contributed by atoms with van der Waals surface area (Å²) >= 11 is 0. The van der Waals surface area contributed by atoms with Crippen molar-refractivity contribution in [2.24, 2.45) is 5.41 Å². The first-order valence-corrected chi connectivity index (χ1v) is 7.54. The van der Waals surface area contributed by atoms with E-state index in [2.05, 4.69) is 53.7 Å². The Bertz CT molecular complexity index is 474. The van der Waals surface area contributed by atoms with E-state index in [1.807, 2.05) is 0 Å². The van der Waals surface area contributed by atoms with Crippen LogP contribution in [0.2, 0.25) is 0 Å². The molecule has 0 saturated heterocycles. The maximum atomic E-state index is 3.54. The maximum Gasteiger partial charge on any atom is 4.00 e. The SMILES string of the molecule is CCC1=C(C(C)(C)C2=C(CC)C[C-]=C2C)C(C)=[C-]C1.[Cl-].[Cl-].[Ti+4]. The van der Waals surface area contributed by atoms with Crippen molar-refractivity contribution < 1.29 is 46.5 Å². The first-order chi connectivity index (χ1) is 8.93. The van der Waals surface area contributed by atoms with Gasteiger partial charge in [0.2, 0.25) is 0 Å². The molecule has 3 heteroatoms. The molecule has 0 spiro atoms. The molecule has 0 aromatic carbocycles. The van der Waals surface area contributed by atoms with Gasteiger partial charge in [0.1, 0.15) is 0 Å². The van der Waals surface area contributed by atoms with Crippen LogP contribution in [0.3, 0.4) is 0 Å². The Hall–Kier alpha value is 0.254. The van der Waals surface area contributed by atoms with E-state index in [9.17, 15) is 0 Å². The molecular weight excluding hydrogens is 347 g/mol. The Morgan fingerprint density at radius 3 is 1.41 bits per heavy atom. The van der Waals surface area contributed by atoms with Crippen LogP contribution in [0, 0.1) is 17.6 Å². The van der Waals surface area contributed by atoms with E-state index in [4.69, 9.17) is 0 Å². The Kier molecular flexibility index (Phi) is 10.6. The van der Waals surface area contributed by atoms with Crippen LogP contribution >= 0.6 is 0 Å². The quantitative estimate of drug-likeness (QED) is 0.471. The van der Waals surface area contributed by atoms with Gasteiger partial charge in [0.25, 0.3) is 0 Å². The third-order valence-electron chi connectivity index (χ3n) is 4.69. The van der Waals surface area contributed by atoms with Crippen LogP contribution in [0.5, 0.6) is 0 Å². The third-order valence-corrected chi connectivity index (χ3v) is 4.69. The minimum atomic E-state index is 0. The van der Waals surface area contributed by atoms with Crippen LogP contribution in [0.15, 0.2) is 33.4 Å². The fourth-order valence-corrected chi connectivity index (χ4v) is 3.91. The third kappa shape index (κ3) is 4.21. The number of hydrogen-bond acceptors (Lipinski definition) is 0. The van der Waals surface area contributed by atoms with E-state index in [1.165, 1.54) is 11.1 Å². The van der Waals surface area contributed by atoms with Gasteiger partial charge in [0, 0.05) is 0 Å². The molecule has 0 saturated carbocycles. The molecule has 22 heavy (non-hydrogen) atoms. The second-order valence-electron chi connectivity index (χ2n) is 6.25. The molecule has 0 amide bonds. The van der Waals surface area contributed by atoms with Crippen molar-refractivity contribution in [3.63, 3.8) is 0 Å². The molecule has 0 nitrogen and oxygen atoms in total. The Labute approximate surface area is 164 Å². The van der Waals surface area contributed by atoms with E-state index >= 15 is 0 Å². The van der Waals surface area contributed by atoms with Crippen LogP contribution in [-0.4, -0.2) is 0 Å². The van der Waals surface area contributed by atoms with Crippen molar-refractivity contribution in [3.05, 3.63) is 45.6 Å². The zero-order chi connectivity index (χ0) is 14.2. The molecule has 0 fully saturated rings. The average Bonchev–Trinajstić information content (AvgIpc) is 2.92. The van der Waals surface area contributed by atoms with Gasteiger partial charge in [-0.3, -0.25) is 12.2 Å². The molecule has 2 rings (SSSR count). The molecule has 0 heterocycles. The summed E-state index contributed by atoms with van der Waals surface area (Å²) in [5, 5.41) is 0. The predicted octanol–water partition coefficient (Wildman–Crippen LogP) is -0.262. The summed E-state index contributed by atoms with van der Waals surface area (Å²) in [7, 11) is 0. The van der Waals surface area contributed by atoms with Gasteiger partial charge in [-0.2, -0.15) is 11.1 Å². The zero-order valence-electron chi connectivity index (χ0n) is 14.6. The first-order valence-electron chi connectivity index (χ1n) is 7.54. The molecule has 120 valence electrons. The van der Waals surface area contributed by atoms with Gasteiger partial charge in [0.05, 0.1) is 0 Å². The van der Waals surface area contributed by atoms with Crippen LogP contribution in [-0.2, 0) is 21.7 Å². The molecule has 0 bridgehead atoms. The van der Waals surface area contributed by atoms with Crippen molar-refractivity contribution in [2.45, 2.75) is 67.2 Å². The summed E-state index contributed by atoms with van der Waals surface area (Å²) < 4.78 is 0. The Morgan fingerprint density at radius 1 is 0.818 bits per heavy atom. The zero-order valence-corrected chi connectivity index (χ0v) is 17.7. The topological polar surface area (TPSA) is 0 Å². The smallest absolute Gasteiger partial charge is 1.00 e. The molecule has 0 radical (unpaired) electrons. The van der Waals surface area contributed by atoms with Crippen molar-refractivity contribution >= 4 is 0 Å². The maximum absolute atomic E-state index is 3.54. The van der Waals surface area contributed by atoms with E-state index in [-0.39, 0.29) is 51.9 Å². The fourth-order valence-electron chi connectivity index (χ4n) is 3.91. The molecule has 0 aromatic heterocycles. The molecule has 0 atom stereocenters. The summed E-state index contributed by atoms with van der Waals surface area (Å²) in [6, 6.07) is 0. The standard InChI is InChI=1S/C19H26.2ClH.Ti/c1-7-15-11-9-13(3)17(15)19(5,6)18-14(4)10-12-16(18)8-2;;;/h7-8,11-12H2,1-6H3;2*1H;/q-2;;;+4/p-2. The molecular formula is C19H26Cl2Ti. The van der Waals surface area contributed by atoms with Gasteiger partial charge >= 0.3 is 21.7 Å². The molecule has 0 unspecified atom stereocenters. The summed E-state index contributed by atoms with van der Waals surface area (Å²) in [5.74, 6) is 0. The largest absolute Gasteiger partial charge is 4.00 e. The summed E-state index contributed by atoms with van der Waals surface area (Å²) in [4.78, 5) is 0. The van der Waals surface area contributed by atoms with Gasteiger partial charge in [-0.15, -0.1) is 18.3 Å². The molecule has 0 N–H and O–H groups in total. The van der Waals surface area contributed by atoms with Crippen LogP contribution < -0.4 is 24.8 Å². The second kappa shape index (κ2) is 9.53. The predicted molar refractivity (Wildman–Crippen MR) is 82.5 cm³/mol. The van der Waals surface area contributed by atoms with E-state index in [0.29, 0.717) is 0 Å². The molecule has 0 aromatic rings.